The van der Waals surface area contributed by atoms with Gasteiger partial charge in [-0.15, -0.1) is 0 Å². The maximum atomic E-state index is 12.3. The topological polar surface area (TPSA) is 50.2 Å². The van der Waals surface area contributed by atoms with Crippen LogP contribution in [-0.4, -0.2) is 46.8 Å². The van der Waals surface area contributed by atoms with Crippen molar-refractivity contribution in [2.24, 2.45) is 5.41 Å². The predicted molar refractivity (Wildman–Crippen MR) is 72.6 cm³/mol. The van der Waals surface area contributed by atoms with Crippen LogP contribution in [0.5, 0.6) is 0 Å². The number of likely N-dealkylation sites (tertiary alicyclic amines) is 1. The molecule has 5 heteroatoms. The van der Waals surface area contributed by atoms with Gasteiger partial charge in [0.25, 0.3) is 0 Å². The highest BCUT2D eigenvalue weighted by Gasteiger charge is 2.37. The van der Waals surface area contributed by atoms with E-state index >= 15 is 0 Å². The molecule has 1 atom stereocenters. The summed E-state index contributed by atoms with van der Waals surface area (Å²) in [6, 6.07) is 1.86. The van der Waals surface area contributed by atoms with Crippen LogP contribution in [0.4, 0.5) is 0 Å². The zero-order valence-electron chi connectivity index (χ0n) is 11.3. The van der Waals surface area contributed by atoms with Gasteiger partial charge in [0.1, 0.15) is 6.54 Å². The summed E-state index contributed by atoms with van der Waals surface area (Å²) in [6.07, 6.45) is 8.45. The normalized spacial score (nSPS) is 27.7. The highest BCUT2D eigenvalue weighted by atomic mass is 16.2. The van der Waals surface area contributed by atoms with Gasteiger partial charge in [-0.3, -0.25) is 9.48 Å². The van der Waals surface area contributed by atoms with Crippen LogP contribution in [0.1, 0.15) is 25.7 Å². The van der Waals surface area contributed by atoms with Crippen LogP contribution in [0.2, 0.25) is 0 Å². The fourth-order valence-corrected chi connectivity index (χ4v) is 3.43. The molecule has 0 saturated carbocycles. The average Bonchev–Trinajstić information content (AvgIpc) is 2.92. The molecular weight excluding hydrogens is 240 g/mol. The lowest BCUT2D eigenvalue weighted by Crippen LogP contribution is -2.53. The Bertz CT molecular complexity index is 417. The minimum atomic E-state index is 0.202. The molecule has 0 aromatic carbocycles. The van der Waals surface area contributed by atoms with E-state index in [-0.39, 0.29) is 5.91 Å². The van der Waals surface area contributed by atoms with Gasteiger partial charge in [0.2, 0.25) is 5.91 Å². The van der Waals surface area contributed by atoms with Gasteiger partial charge in [0, 0.05) is 37.4 Å². The first-order chi connectivity index (χ1) is 9.27. The van der Waals surface area contributed by atoms with E-state index in [1.165, 1.54) is 19.3 Å². The van der Waals surface area contributed by atoms with Gasteiger partial charge in [0.15, 0.2) is 0 Å². The molecule has 2 fully saturated rings. The van der Waals surface area contributed by atoms with E-state index in [4.69, 9.17) is 0 Å². The molecule has 1 aromatic heterocycles. The van der Waals surface area contributed by atoms with Crippen molar-refractivity contribution in [3.8, 4) is 0 Å². The van der Waals surface area contributed by atoms with Crippen molar-refractivity contribution in [3.63, 3.8) is 0 Å². The Balaban J connectivity index is 1.62. The lowest BCUT2D eigenvalue weighted by atomic mass is 9.74. The van der Waals surface area contributed by atoms with Crippen molar-refractivity contribution in [2.45, 2.75) is 32.2 Å². The molecule has 1 unspecified atom stereocenters. The van der Waals surface area contributed by atoms with Gasteiger partial charge in [-0.1, -0.05) is 0 Å². The van der Waals surface area contributed by atoms with E-state index in [9.17, 15) is 4.79 Å². The molecule has 0 aliphatic carbocycles. The molecule has 2 aliphatic heterocycles. The number of carbonyl (C=O) groups excluding carboxylic acids is 1. The molecule has 0 radical (unpaired) electrons. The Morgan fingerprint density at radius 3 is 3.00 bits per heavy atom. The van der Waals surface area contributed by atoms with Gasteiger partial charge in [0.05, 0.1) is 0 Å². The maximum absolute atomic E-state index is 12.3. The Hall–Kier alpha value is -1.36. The Labute approximate surface area is 114 Å². The minimum Gasteiger partial charge on any atom is -0.340 e. The summed E-state index contributed by atoms with van der Waals surface area (Å²) in [4.78, 5) is 14.4. The van der Waals surface area contributed by atoms with Gasteiger partial charge in [-0.2, -0.15) is 5.10 Å². The van der Waals surface area contributed by atoms with Crippen molar-refractivity contribution >= 4 is 5.91 Å². The molecule has 2 aliphatic rings. The number of amides is 1. The Morgan fingerprint density at radius 1 is 1.37 bits per heavy atom. The summed E-state index contributed by atoms with van der Waals surface area (Å²) < 4.78 is 1.71. The van der Waals surface area contributed by atoms with Crippen LogP contribution < -0.4 is 5.32 Å². The quantitative estimate of drug-likeness (QED) is 0.860. The molecule has 2 saturated heterocycles. The fraction of sp³-hybridized carbons (Fsp3) is 0.714. The molecule has 1 amide bonds. The van der Waals surface area contributed by atoms with Crippen LogP contribution in [0.25, 0.3) is 0 Å². The highest BCUT2D eigenvalue weighted by molar-refractivity contribution is 5.76. The summed E-state index contributed by atoms with van der Waals surface area (Å²) >= 11 is 0. The van der Waals surface area contributed by atoms with Crippen LogP contribution >= 0.6 is 0 Å². The van der Waals surface area contributed by atoms with Gasteiger partial charge in [-0.05, 0) is 38.3 Å². The third-order valence-corrected chi connectivity index (χ3v) is 4.43. The van der Waals surface area contributed by atoms with Crippen molar-refractivity contribution in [1.82, 2.24) is 20.0 Å². The number of nitrogens with one attached hydrogen (secondary N) is 1. The maximum Gasteiger partial charge on any atom is 0.244 e. The van der Waals surface area contributed by atoms with Crippen LogP contribution in [0, 0.1) is 5.41 Å². The number of piperidine rings is 2. The minimum absolute atomic E-state index is 0.202. The zero-order chi connectivity index (χ0) is 13.1. The largest absolute Gasteiger partial charge is 0.340 e. The number of nitrogens with zero attached hydrogens (tertiary/aromatic N) is 3. The van der Waals surface area contributed by atoms with Gasteiger partial charge < -0.3 is 10.2 Å². The van der Waals surface area contributed by atoms with Crippen molar-refractivity contribution < 1.29 is 4.79 Å². The first kappa shape index (κ1) is 12.7. The van der Waals surface area contributed by atoms with Gasteiger partial charge >= 0.3 is 0 Å². The second kappa shape index (κ2) is 5.33. The number of hydrogen-bond acceptors (Lipinski definition) is 3. The molecular formula is C14H22N4O. The molecule has 3 heterocycles. The van der Waals surface area contributed by atoms with E-state index in [0.717, 1.165) is 32.6 Å². The van der Waals surface area contributed by atoms with E-state index < -0.39 is 0 Å². The summed E-state index contributed by atoms with van der Waals surface area (Å²) in [5.41, 5.74) is 0.330. The highest BCUT2D eigenvalue weighted by Crippen LogP contribution is 2.35. The van der Waals surface area contributed by atoms with E-state index in [1.807, 2.05) is 17.2 Å². The Kier molecular flexibility index (Phi) is 3.55. The van der Waals surface area contributed by atoms with Crippen molar-refractivity contribution in [2.75, 3.05) is 26.2 Å². The third kappa shape index (κ3) is 2.81. The van der Waals surface area contributed by atoms with E-state index in [1.54, 1.807) is 10.9 Å². The number of rotatable bonds is 2. The lowest BCUT2D eigenvalue weighted by Gasteiger charge is -2.45. The average molecular weight is 262 g/mol. The standard InChI is InChI=1S/C14H22N4O/c19-13(10-18-9-3-7-16-18)17-8-2-5-14(12-17)4-1-6-15-11-14/h3,7,9,15H,1-2,4-6,8,10-12H2. The van der Waals surface area contributed by atoms with Gasteiger partial charge in [-0.25, -0.2) is 0 Å². The molecule has 5 nitrogen and oxygen atoms in total. The molecule has 19 heavy (non-hydrogen) atoms. The molecule has 1 aromatic rings. The van der Waals surface area contributed by atoms with E-state index in [2.05, 4.69) is 10.4 Å². The summed E-state index contributed by atoms with van der Waals surface area (Å²) in [5, 5.41) is 7.61. The summed E-state index contributed by atoms with van der Waals surface area (Å²) in [6.45, 7) is 4.39. The molecule has 104 valence electrons. The second-order valence-electron chi connectivity index (χ2n) is 5.90. The predicted octanol–water partition coefficient (Wildman–Crippen LogP) is 0.875. The molecule has 1 spiro atoms. The SMILES string of the molecule is O=C(Cn1cccn1)N1CCCC2(CCCNC2)C1. The Morgan fingerprint density at radius 2 is 2.26 bits per heavy atom. The number of hydrogen-bond donors (Lipinski definition) is 1. The summed E-state index contributed by atoms with van der Waals surface area (Å²) in [7, 11) is 0. The smallest absolute Gasteiger partial charge is 0.244 e. The zero-order valence-corrected chi connectivity index (χ0v) is 11.3. The van der Waals surface area contributed by atoms with Crippen LogP contribution in [-0.2, 0) is 11.3 Å². The third-order valence-electron chi connectivity index (χ3n) is 4.43. The number of aromatic nitrogens is 2. The monoisotopic (exact) mass is 262 g/mol. The first-order valence-corrected chi connectivity index (χ1v) is 7.23. The van der Waals surface area contributed by atoms with Crippen molar-refractivity contribution in [3.05, 3.63) is 18.5 Å². The molecule has 3 rings (SSSR count). The fourth-order valence-electron chi connectivity index (χ4n) is 3.43. The van der Waals surface area contributed by atoms with Crippen LogP contribution in [0.3, 0.4) is 0 Å². The number of carbonyl (C=O) groups is 1. The van der Waals surface area contributed by atoms with Crippen molar-refractivity contribution in [1.29, 1.82) is 0 Å². The molecule has 1 N–H and O–H groups in total. The summed E-state index contributed by atoms with van der Waals surface area (Å²) in [5.74, 6) is 0.202. The first-order valence-electron chi connectivity index (χ1n) is 7.23. The lowest BCUT2D eigenvalue weighted by molar-refractivity contribution is -0.136. The molecule has 0 bridgehead atoms. The second-order valence-corrected chi connectivity index (χ2v) is 5.90. The van der Waals surface area contributed by atoms with E-state index in [0.29, 0.717) is 12.0 Å². The van der Waals surface area contributed by atoms with Crippen LogP contribution in [0.15, 0.2) is 18.5 Å².